The summed E-state index contributed by atoms with van der Waals surface area (Å²) in [6.07, 6.45) is 0.117. The molecule has 0 amide bonds. The molecule has 0 saturated carbocycles. The molecule has 1 rings (SSSR count). The van der Waals surface area contributed by atoms with Crippen molar-refractivity contribution in [3.8, 4) is 0 Å². The van der Waals surface area contributed by atoms with Crippen LogP contribution in [0.2, 0.25) is 0 Å². The van der Waals surface area contributed by atoms with E-state index in [0.29, 0.717) is 0 Å². The van der Waals surface area contributed by atoms with E-state index in [2.05, 4.69) is 14.7 Å². The van der Waals surface area contributed by atoms with E-state index in [4.69, 9.17) is 0 Å². The number of carbonyl (C=O) groups excluding carboxylic acids is 1. The number of hydrogen-bond acceptors (Lipinski definition) is 4. The highest BCUT2D eigenvalue weighted by atomic mass is 16.5. The van der Waals surface area contributed by atoms with Crippen LogP contribution in [0.4, 0.5) is 0 Å². The average molecular weight is 142 g/mol. The summed E-state index contributed by atoms with van der Waals surface area (Å²) in [5.74, 6) is -0.418. The van der Waals surface area contributed by atoms with E-state index in [-0.39, 0.29) is 18.0 Å². The van der Waals surface area contributed by atoms with E-state index in [9.17, 15) is 9.59 Å². The summed E-state index contributed by atoms with van der Waals surface area (Å²) < 4.78 is 4.15. The molecule has 10 heavy (non-hydrogen) atoms. The summed E-state index contributed by atoms with van der Waals surface area (Å²) >= 11 is 0. The van der Waals surface area contributed by atoms with Gasteiger partial charge < -0.3 is 0 Å². The van der Waals surface area contributed by atoms with Crippen LogP contribution < -0.4 is 5.76 Å². The lowest BCUT2D eigenvalue weighted by Gasteiger charge is -1.82. The molecule has 0 radical (unpaired) electrons. The Hall–Kier alpha value is -1.39. The molecule has 0 atom stereocenters. The lowest BCUT2D eigenvalue weighted by Crippen LogP contribution is -2.01. The average Bonchev–Trinajstić information content (AvgIpc) is 2.13. The number of Topliss-reactive ketones (excluding diaryl/α,β-unsaturated/α-hetero) is 1. The molecule has 0 aliphatic carbocycles. The van der Waals surface area contributed by atoms with Crippen molar-refractivity contribution in [3.63, 3.8) is 0 Å². The van der Waals surface area contributed by atoms with Gasteiger partial charge in [0.15, 0.2) is 5.82 Å². The summed E-state index contributed by atoms with van der Waals surface area (Å²) in [5, 5.41) is 3.29. The lowest BCUT2D eigenvalue weighted by atomic mass is 10.3. The molecule has 0 bridgehead atoms. The zero-order valence-corrected chi connectivity index (χ0v) is 5.38. The van der Waals surface area contributed by atoms with E-state index in [1.54, 1.807) is 0 Å². The fraction of sp³-hybridized carbons (Fsp3) is 0.400. The van der Waals surface area contributed by atoms with Gasteiger partial charge in [-0.05, 0) is 6.92 Å². The van der Waals surface area contributed by atoms with Crippen LogP contribution in [0.25, 0.3) is 0 Å². The van der Waals surface area contributed by atoms with Gasteiger partial charge in [-0.3, -0.25) is 14.3 Å². The van der Waals surface area contributed by atoms with Crippen LogP contribution in [0.15, 0.2) is 9.32 Å². The number of nitrogens with one attached hydrogen (secondary N) is 1. The summed E-state index contributed by atoms with van der Waals surface area (Å²) in [6.45, 7) is 1.41. The topological polar surface area (TPSA) is 76.0 Å². The predicted octanol–water partition coefficient (Wildman–Crippen LogP) is -0.506. The van der Waals surface area contributed by atoms with E-state index in [1.807, 2.05) is 0 Å². The van der Waals surface area contributed by atoms with Crippen LogP contribution in [0.5, 0.6) is 0 Å². The van der Waals surface area contributed by atoms with Crippen molar-refractivity contribution in [2.24, 2.45) is 0 Å². The monoisotopic (exact) mass is 142 g/mol. The molecule has 1 aromatic heterocycles. The molecule has 1 aromatic rings. The maximum atomic E-state index is 10.4. The first-order valence-corrected chi connectivity index (χ1v) is 2.73. The minimum absolute atomic E-state index is 0.0652. The number of hydrogen-bond donors (Lipinski definition) is 1. The Morgan fingerprint density at radius 3 is 2.90 bits per heavy atom. The third-order valence-electron chi connectivity index (χ3n) is 0.901. The third kappa shape index (κ3) is 1.54. The fourth-order valence-corrected chi connectivity index (χ4v) is 0.572. The fourth-order valence-electron chi connectivity index (χ4n) is 0.572. The van der Waals surface area contributed by atoms with E-state index in [1.165, 1.54) is 6.92 Å². The molecule has 5 heteroatoms. The second kappa shape index (κ2) is 2.47. The van der Waals surface area contributed by atoms with Gasteiger partial charge in [0.1, 0.15) is 5.78 Å². The van der Waals surface area contributed by atoms with E-state index < -0.39 is 5.76 Å². The molecule has 0 spiro atoms. The molecule has 0 saturated heterocycles. The minimum Gasteiger partial charge on any atom is -0.300 e. The molecule has 0 unspecified atom stereocenters. The number of ketones is 1. The maximum absolute atomic E-state index is 10.4. The molecule has 0 aliphatic rings. The second-order valence-electron chi connectivity index (χ2n) is 1.92. The SMILES string of the molecule is CC(=O)Cc1noc(=O)[nH]1. The van der Waals surface area contributed by atoms with Gasteiger partial charge in [-0.15, -0.1) is 0 Å². The van der Waals surface area contributed by atoms with Crippen LogP contribution in [0.1, 0.15) is 12.7 Å². The highest BCUT2D eigenvalue weighted by Gasteiger charge is 2.01. The molecule has 5 nitrogen and oxygen atoms in total. The van der Waals surface area contributed by atoms with E-state index in [0.717, 1.165) is 0 Å². The van der Waals surface area contributed by atoms with Crippen LogP contribution in [0, 0.1) is 0 Å². The molecular weight excluding hydrogens is 136 g/mol. The molecule has 0 aliphatic heterocycles. The first kappa shape index (κ1) is 6.73. The van der Waals surface area contributed by atoms with Gasteiger partial charge in [0.25, 0.3) is 0 Å². The summed E-state index contributed by atoms with van der Waals surface area (Å²) in [6, 6.07) is 0. The molecule has 0 fully saturated rings. The Bertz CT molecular complexity index is 285. The summed E-state index contributed by atoms with van der Waals surface area (Å²) in [4.78, 5) is 22.9. The van der Waals surface area contributed by atoms with Gasteiger partial charge in [-0.2, -0.15) is 0 Å². The molecule has 1 heterocycles. The first-order valence-electron chi connectivity index (χ1n) is 2.73. The summed E-state index contributed by atoms with van der Waals surface area (Å²) in [7, 11) is 0. The Kier molecular flexibility index (Phi) is 1.66. The van der Waals surface area contributed by atoms with Crippen molar-refractivity contribution in [2.45, 2.75) is 13.3 Å². The third-order valence-corrected chi connectivity index (χ3v) is 0.901. The van der Waals surface area contributed by atoms with Gasteiger partial charge >= 0.3 is 5.76 Å². The molecule has 1 N–H and O–H groups in total. The van der Waals surface area contributed by atoms with Crippen molar-refractivity contribution >= 4 is 5.78 Å². The smallest absolute Gasteiger partial charge is 0.300 e. The largest absolute Gasteiger partial charge is 0.438 e. The predicted molar refractivity (Wildman–Crippen MR) is 31.5 cm³/mol. The Morgan fingerprint density at radius 1 is 1.80 bits per heavy atom. The molecule has 0 aromatic carbocycles. The Morgan fingerprint density at radius 2 is 2.50 bits per heavy atom. The highest BCUT2D eigenvalue weighted by molar-refractivity contribution is 5.77. The highest BCUT2D eigenvalue weighted by Crippen LogP contribution is 1.86. The maximum Gasteiger partial charge on any atom is 0.438 e. The normalized spacial score (nSPS) is 9.70. The number of nitrogens with zero attached hydrogens (tertiary/aromatic N) is 1. The van der Waals surface area contributed by atoms with Crippen molar-refractivity contribution < 1.29 is 9.32 Å². The number of aromatic amines is 1. The van der Waals surface area contributed by atoms with Gasteiger partial charge in [0, 0.05) is 0 Å². The van der Waals surface area contributed by atoms with Gasteiger partial charge in [0.2, 0.25) is 0 Å². The van der Waals surface area contributed by atoms with Crippen molar-refractivity contribution in [1.29, 1.82) is 0 Å². The van der Waals surface area contributed by atoms with Crippen LogP contribution in [-0.2, 0) is 11.2 Å². The van der Waals surface area contributed by atoms with Gasteiger partial charge in [-0.1, -0.05) is 5.16 Å². The van der Waals surface area contributed by atoms with Crippen LogP contribution in [-0.4, -0.2) is 15.9 Å². The standard InChI is InChI=1S/C5H6N2O3/c1-3(8)2-4-6-5(9)10-7-4/h2H2,1H3,(H,6,7,9). The molecule has 54 valence electrons. The Balaban J connectivity index is 2.76. The quantitative estimate of drug-likeness (QED) is 0.603. The number of aromatic nitrogens is 2. The minimum atomic E-state index is -0.628. The van der Waals surface area contributed by atoms with Crippen molar-refractivity contribution in [2.75, 3.05) is 0 Å². The van der Waals surface area contributed by atoms with Gasteiger partial charge in [-0.25, -0.2) is 4.79 Å². The van der Waals surface area contributed by atoms with Gasteiger partial charge in [0.05, 0.1) is 6.42 Å². The lowest BCUT2D eigenvalue weighted by molar-refractivity contribution is -0.116. The second-order valence-corrected chi connectivity index (χ2v) is 1.92. The zero-order valence-electron chi connectivity index (χ0n) is 5.38. The van der Waals surface area contributed by atoms with Crippen LogP contribution >= 0.6 is 0 Å². The first-order chi connectivity index (χ1) is 4.68. The van der Waals surface area contributed by atoms with Crippen molar-refractivity contribution in [3.05, 3.63) is 16.4 Å². The Labute approximate surface area is 56.0 Å². The van der Waals surface area contributed by atoms with Crippen molar-refractivity contribution in [1.82, 2.24) is 10.1 Å². The van der Waals surface area contributed by atoms with E-state index >= 15 is 0 Å². The molecular formula is C5H6N2O3. The van der Waals surface area contributed by atoms with Crippen LogP contribution in [0.3, 0.4) is 0 Å². The number of H-pyrrole nitrogens is 1. The summed E-state index contributed by atoms with van der Waals surface area (Å²) in [5.41, 5.74) is 0. The number of rotatable bonds is 2. The number of carbonyl (C=O) groups is 1. The zero-order chi connectivity index (χ0) is 7.56.